The van der Waals surface area contributed by atoms with Crippen LogP contribution in [0.4, 0.5) is 5.82 Å². The number of hydrogen-bond acceptors (Lipinski definition) is 6. The number of aryl methyl sites for hydroxylation is 1. The molecule has 1 aromatic carbocycles. The summed E-state index contributed by atoms with van der Waals surface area (Å²) in [7, 11) is 0. The predicted octanol–water partition coefficient (Wildman–Crippen LogP) is 2.86. The van der Waals surface area contributed by atoms with Gasteiger partial charge < -0.3 is 15.0 Å². The largest absolute Gasteiger partial charge is 0.378 e. The zero-order valence-corrected chi connectivity index (χ0v) is 18.2. The number of pyridine rings is 1. The molecule has 0 unspecified atom stereocenters. The molecular weight excluding hydrogens is 392 g/mol. The topological polar surface area (TPSA) is 85.2 Å². The average Bonchev–Trinajstić information content (AvgIpc) is 3.19. The molecule has 0 spiro atoms. The molecule has 0 atom stereocenters. The predicted molar refractivity (Wildman–Crippen MR) is 119 cm³/mol. The van der Waals surface area contributed by atoms with Crippen molar-refractivity contribution in [1.82, 2.24) is 25.1 Å². The van der Waals surface area contributed by atoms with Gasteiger partial charge in [0.15, 0.2) is 0 Å². The molecule has 1 fully saturated rings. The number of amides is 1. The summed E-state index contributed by atoms with van der Waals surface area (Å²) < 4.78 is 7.14. The molecule has 0 aliphatic carbocycles. The number of ether oxygens (including phenoxy) is 1. The van der Waals surface area contributed by atoms with Crippen LogP contribution in [0.25, 0.3) is 5.69 Å². The molecule has 8 nitrogen and oxygen atoms in total. The van der Waals surface area contributed by atoms with Gasteiger partial charge in [-0.05, 0) is 42.2 Å². The molecule has 162 valence electrons. The molecule has 31 heavy (non-hydrogen) atoms. The molecule has 0 radical (unpaired) electrons. The molecule has 1 aliphatic rings. The van der Waals surface area contributed by atoms with Crippen LogP contribution in [0.2, 0.25) is 0 Å². The van der Waals surface area contributed by atoms with E-state index < -0.39 is 0 Å². The van der Waals surface area contributed by atoms with Crippen molar-refractivity contribution in [3.8, 4) is 5.69 Å². The highest BCUT2D eigenvalue weighted by Gasteiger charge is 2.18. The van der Waals surface area contributed by atoms with Crippen molar-refractivity contribution in [3.05, 3.63) is 65.4 Å². The van der Waals surface area contributed by atoms with Crippen LogP contribution in [0.5, 0.6) is 0 Å². The highest BCUT2D eigenvalue weighted by atomic mass is 16.5. The van der Waals surface area contributed by atoms with E-state index in [0.29, 0.717) is 31.5 Å². The van der Waals surface area contributed by atoms with Gasteiger partial charge in [-0.1, -0.05) is 32.0 Å². The van der Waals surface area contributed by atoms with Crippen molar-refractivity contribution in [2.75, 3.05) is 31.2 Å². The lowest BCUT2D eigenvalue weighted by atomic mass is 10.0. The summed E-state index contributed by atoms with van der Waals surface area (Å²) in [6.45, 7) is 9.57. The lowest BCUT2D eigenvalue weighted by Crippen LogP contribution is -2.36. The van der Waals surface area contributed by atoms with Gasteiger partial charge in [-0.2, -0.15) is 0 Å². The third-order valence-electron chi connectivity index (χ3n) is 5.36. The van der Waals surface area contributed by atoms with E-state index in [1.54, 1.807) is 10.9 Å². The van der Waals surface area contributed by atoms with Gasteiger partial charge in [-0.25, -0.2) is 14.6 Å². The van der Waals surface area contributed by atoms with E-state index in [4.69, 9.17) is 4.74 Å². The molecule has 1 saturated heterocycles. The van der Waals surface area contributed by atoms with Crippen molar-refractivity contribution in [2.24, 2.45) is 0 Å². The zero-order chi connectivity index (χ0) is 21.8. The normalized spacial score (nSPS) is 14.1. The number of hydrogen-bond donors (Lipinski definition) is 1. The second kappa shape index (κ2) is 9.26. The molecule has 4 rings (SSSR count). The minimum atomic E-state index is -0.298. The molecule has 1 amide bonds. The maximum Gasteiger partial charge on any atom is 0.291 e. The highest BCUT2D eigenvalue weighted by molar-refractivity contribution is 5.90. The van der Waals surface area contributed by atoms with E-state index in [1.165, 1.54) is 0 Å². The summed E-state index contributed by atoms with van der Waals surface area (Å²) in [6, 6.07) is 12.0. The first-order valence-corrected chi connectivity index (χ1v) is 10.6. The number of rotatable bonds is 6. The quantitative estimate of drug-likeness (QED) is 0.660. The van der Waals surface area contributed by atoms with Gasteiger partial charge in [0, 0.05) is 25.8 Å². The van der Waals surface area contributed by atoms with Crippen molar-refractivity contribution in [3.63, 3.8) is 0 Å². The van der Waals surface area contributed by atoms with E-state index in [0.717, 1.165) is 35.7 Å². The standard InChI is InChI=1S/C23H28N6O2/c1-16(2)19-6-4-5-7-20(19)29-17(3)26-22(27-29)23(30)25-15-18-8-9-24-21(14-18)28-10-12-31-13-11-28/h4-9,14,16H,10-13,15H2,1-3H3,(H,25,30). The Kier molecular flexibility index (Phi) is 6.27. The number of carbonyl (C=O) groups is 1. The first-order chi connectivity index (χ1) is 15.0. The Morgan fingerprint density at radius 3 is 2.74 bits per heavy atom. The Hall–Kier alpha value is -3.26. The molecule has 2 aromatic heterocycles. The summed E-state index contributed by atoms with van der Waals surface area (Å²) in [5, 5.41) is 7.41. The number of benzene rings is 1. The van der Waals surface area contributed by atoms with Crippen LogP contribution in [-0.4, -0.2) is 52.0 Å². The number of nitrogens with zero attached hydrogens (tertiary/aromatic N) is 5. The number of carbonyl (C=O) groups excluding carboxylic acids is 1. The fourth-order valence-corrected chi connectivity index (χ4v) is 3.68. The molecule has 3 aromatic rings. The maximum atomic E-state index is 12.7. The van der Waals surface area contributed by atoms with Gasteiger partial charge in [-0.3, -0.25) is 4.79 Å². The summed E-state index contributed by atoms with van der Waals surface area (Å²) >= 11 is 0. The van der Waals surface area contributed by atoms with Crippen LogP contribution in [0.15, 0.2) is 42.6 Å². The first kappa shape index (κ1) is 21.0. The third-order valence-corrected chi connectivity index (χ3v) is 5.36. The van der Waals surface area contributed by atoms with Crippen molar-refractivity contribution < 1.29 is 9.53 Å². The zero-order valence-electron chi connectivity index (χ0n) is 18.2. The number of nitrogens with one attached hydrogen (secondary N) is 1. The first-order valence-electron chi connectivity index (χ1n) is 10.6. The fraction of sp³-hybridized carbons (Fsp3) is 0.391. The molecule has 3 heterocycles. The number of aromatic nitrogens is 4. The molecule has 8 heteroatoms. The Morgan fingerprint density at radius 2 is 1.97 bits per heavy atom. The summed E-state index contributed by atoms with van der Waals surface area (Å²) in [5.74, 6) is 1.78. The molecule has 0 bridgehead atoms. The van der Waals surface area contributed by atoms with E-state index in [1.807, 2.05) is 37.3 Å². The van der Waals surface area contributed by atoms with Gasteiger partial charge >= 0.3 is 0 Å². The van der Waals surface area contributed by atoms with E-state index >= 15 is 0 Å². The summed E-state index contributed by atoms with van der Waals surface area (Å²) in [4.78, 5) is 23.8. The minimum absolute atomic E-state index is 0.165. The fourth-order valence-electron chi connectivity index (χ4n) is 3.68. The van der Waals surface area contributed by atoms with Crippen molar-refractivity contribution in [2.45, 2.75) is 33.2 Å². The maximum absolute atomic E-state index is 12.7. The van der Waals surface area contributed by atoms with Crippen LogP contribution in [0.3, 0.4) is 0 Å². The Morgan fingerprint density at radius 1 is 1.19 bits per heavy atom. The van der Waals surface area contributed by atoms with Crippen molar-refractivity contribution in [1.29, 1.82) is 0 Å². The Bertz CT molecular complexity index is 1060. The third kappa shape index (κ3) is 4.74. The smallest absolute Gasteiger partial charge is 0.291 e. The van der Waals surface area contributed by atoms with Crippen LogP contribution >= 0.6 is 0 Å². The van der Waals surface area contributed by atoms with Crippen LogP contribution < -0.4 is 10.2 Å². The Balaban J connectivity index is 1.46. The van der Waals surface area contributed by atoms with Crippen LogP contribution in [-0.2, 0) is 11.3 Å². The number of para-hydroxylation sites is 1. The summed E-state index contributed by atoms with van der Waals surface area (Å²) in [5.41, 5.74) is 3.09. The molecule has 1 N–H and O–H groups in total. The van der Waals surface area contributed by atoms with Gasteiger partial charge in [0.05, 0.1) is 18.9 Å². The average molecular weight is 421 g/mol. The minimum Gasteiger partial charge on any atom is -0.378 e. The molecule has 0 saturated carbocycles. The van der Waals surface area contributed by atoms with Crippen LogP contribution in [0.1, 0.15) is 47.3 Å². The molecule has 1 aliphatic heterocycles. The van der Waals surface area contributed by atoms with Gasteiger partial charge in [0.1, 0.15) is 11.6 Å². The SMILES string of the molecule is Cc1nc(C(=O)NCc2ccnc(N3CCOCC3)c2)nn1-c1ccccc1C(C)C. The lowest BCUT2D eigenvalue weighted by molar-refractivity contribution is 0.0940. The highest BCUT2D eigenvalue weighted by Crippen LogP contribution is 2.23. The van der Waals surface area contributed by atoms with E-state index in [9.17, 15) is 4.79 Å². The Labute approximate surface area is 182 Å². The van der Waals surface area contributed by atoms with Crippen molar-refractivity contribution >= 4 is 11.7 Å². The van der Waals surface area contributed by atoms with Gasteiger partial charge in [-0.15, -0.1) is 5.10 Å². The van der Waals surface area contributed by atoms with Gasteiger partial charge in [0.25, 0.3) is 5.91 Å². The second-order valence-corrected chi connectivity index (χ2v) is 7.91. The molecular formula is C23H28N6O2. The monoisotopic (exact) mass is 420 g/mol. The van der Waals surface area contributed by atoms with E-state index in [-0.39, 0.29) is 11.7 Å². The summed E-state index contributed by atoms with van der Waals surface area (Å²) in [6.07, 6.45) is 1.77. The van der Waals surface area contributed by atoms with Gasteiger partial charge in [0.2, 0.25) is 5.82 Å². The number of anilines is 1. The van der Waals surface area contributed by atoms with E-state index in [2.05, 4.69) is 45.2 Å². The number of morpholine rings is 1. The second-order valence-electron chi connectivity index (χ2n) is 7.91. The van der Waals surface area contributed by atoms with Crippen LogP contribution in [0, 0.1) is 6.92 Å². The lowest BCUT2D eigenvalue weighted by Gasteiger charge is -2.28.